The number of amides is 1. The van der Waals surface area contributed by atoms with Gasteiger partial charge in [-0.1, -0.05) is 47.1 Å². The molecule has 1 aromatic heterocycles. The summed E-state index contributed by atoms with van der Waals surface area (Å²) in [5.74, 6) is 1.36. The van der Waals surface area contributed by atoms with Crippen LogP contribution in [0.15, 0.2) is 53.1 Å². The molecule has 0 N–H and O–H groups in total. The monoisotopic (exact) mass is 433 g/mol. The van der Waals surface area contributed by atoms with E-state index in [1.165, 1.54) is 11.1 Å². The third-order valence-corrected chi connectivity index (χ3v) is 6.07. The predicted molar refractivity (Wildman–Crippen MR) is 124 cm³/mol. The highest BCUT2D eigenvalue weighted by Crippen LogP contribution is 2.23. The third kappa shape index (κ3) is 5.19. The van der Waals surface area contributed by atoms with Crippen molar-refractivity contribution in [3.05, 3.63) is 82.2 Å². The third-order valence-electron chi connectivity index (χ3n) is 6.07. The Morgan fingerprint density at radius 3 is 2.53 bits per heavy atom. The average molecular weight is 434 g/mol. The SMILES string of the molecule is Cc1ccc(CN2CCCN(C(=O)c3ccccc3OCc3c(C)noc3C)CC2)cc1. The molecule has 1 aliphatic heterocycles. The zero-order valence-corrected chi connectivity index (χ0v) is 19.1. The number of rotatable bonds is 6. The lowest BCUT2D eigenvalue weighted by molar-refractivity contribution is 0.0756. The number of benzene rings is 2. The molecule has 1 fully saturated rings. The van der Waals surface area contributed by atoms with Crippen molar-refractivity contribution in [2.24, 2.45) is 0 Å². The van der Waals surface area contributed by atoms with Gasteiger partial charge < -0.3 is 14.2 Å². The summed E-state index contributed by atoms with van der Waals surface area (Å²) in [6.07, 6.45) is 0.958. The van der Waals surface area contributed by atoms with Gasteiger partial charge in [-0.15, -0.1) is 0 Å². The molecule has 0 bridgehead atoms. The molecule has 2 aromatic carbocycles. The molecule has 1 amide bonds. The number of aromatic nitrogens is 1. The Balaban J connectivity index is 1.40. The van der Waals surface area contributed by atoms with E-state index in [-0.39, 0.29) is 5.91 Å². The zero-order valence-electron chi connectivity index (χ0n) is 19.1. The summed E-state index contributed by atoms with van der Waals surface area (Å²) in [5.41, 5.74) is 4.93. The summed E-state index contributed by atoms with van der Waals surface area (Å²) >= 11 is 0. The Morgan fingerprint density at radius 1 is 1.00 bits per heavy atom. The Labute approximate surface area is 189 Å². The molecular formula is C26H31N3O3. The summed E-state index contributed by atoms with van der Waals surface area (Å²) < 4.78 is 11.3. The molecule has 2 heterocycles. The van der Waals surface area contributed by atoms with Gasteiger partial charge in [0.25, 0.3) is 5.91 Å². The summed E-state index contributed by atoms with van der Waals surface area (Å²) in [7, 11) is 0. The lowest BCUT2D eigenvalue weighted by atomic mass is 10.1. The number of carbonyl (C=O) groups is 1. The number of carbonyl (C=O) groups excluding carboxylic acids is 1. The molecule has 1 aliphatic rings. The minimum Gasteiger partial charge on any atom is -0.488 e. The maximum atomic E-state index is 13.4. The van der Waals surface area contributed by atoms with Crippen LogP contribution in [0.4, 0.5) is 0 Å². The van der Waals surface area contributed by atoms with Crippen molar-refractivity contribution in [3.63, 3.8) is 0 Å². The molecule has 0 spiro atoms. The van der Waals surface area contributed by atoms with E-state index in [4.69, 9.17) is 9.26 Å². The van der Waals surface area contributed by atoms with Crippen LogP contribution in [0.25, 0.3) is 0 Å². The quantitative estimate of drug-likeness (QED) is 0.572. The average Bonchev–Trinajstić information content (AvgIpc) is 2.98. The van der Waals surface area contributed by atoms with Crippen LogP contribution in [-0.2, 0) is 13.2 Å². The smallest absolute Gasteiger partial charge is 0.257 e. The largest absolute Gasteiger partial charge is 0.488 e. The first-order chi connectivity index (χ1) is 15.5. The molecule has 3 aromatic rings. The zero-order chi connectivity index (χ0) is 22.5. The van der Waals surface area contributed by atoms with Gasteiger partial charge in [0.05, 0.1) is 16.8 Å². The minimum atomic E-state index is 0.0246. The van der Waals surface area contributed by atoms with Crippen LogP contribution >= 0.6 is 0 Å². The number of hydrogen-bond acceptors (Lipinski definition) is 5. The highest BCUT2D eigenvalue weighted by atomic mass is 16.5. The van der Waals surface area contributed by atoms with Crippen molar-refractivity contribution in [2.75, 3.05) is 26.2 Å². The van der Waals surface area contributed by atoms with E-state index < -0.39 is 0 Å². The maximum Gasteiger partial charge on any atom is 0.257 e. The predicted octanol–water partition coefficient (Wildman–Crippen LogP) is 4.53. The van der Waals surface area contributed by atoms with Crippen LogP contribution in [0.2, 0.25) is 0 Å². The van der Waals surface area contributed by atoms with Crippen molar-refractivity contribution in [1.29, 1.82) is 0 Å². The lowest BCUT2D eigenvalue weighted by Crippen LogP contribution is -2.35. The first-order valence-corrected chi connectivity index (χ1v) is 11.2. The Bertz CT molecular complexity index is 1040. The second kappa shape index (κ2) is 10.0. The molecule has 168 valence electrons. The fourth-order valence-corrected chi connectivity index (χ4v) is 4.08. The molecule has 0 unspecified atom stereocenters. The number of nitrogens with zero attached hydrogens (tertiary/aromatic N) is 3. The highest BCUT2D eigenvalue weighted by Gasteiger charge is 2.23. The molecule has 0 aliphatic carbocycles. The van der Waals surface area contributed by atoms with E-state index in [0.29, 0.717) is 24.5 Å². The fourth-order valence-electron chi connectivity index (χ4n) is 4.08. The van der Waals surface area contributed by atoms with Gasteiger partial charge in [-0.2, -0.15) is 0 Å². The first-order valence-electron chi connectivity index (χ1n) is 11.2. The Hall–Kier alpha value is -3.12. The molecule has 1 saturated heterocycles. The standard InChI is InChI=1S/C26H31N3O3/c1-19-9-11-22(12-10-19)17-28-13-6-14-29(16-15-28)26(30)23-7-4-5-8-25(23)31-18-24-20(2)27-32-21(24)3/h4-5,7-12H,6,13-18H2,1-3H3. The topological polar surface area (TPSA) is 58.8 Å². The maximum absolute atomic E-state index is 13.4. The van der Waals surface area contributed by atoms with E-state index in [9.17, 15) is 4.79 Å². The van der Waals surface area contributed by atoms with Crippen LogP contribution in [-0.4, -0.2) is 47.0 Å². The van der Waals surface area contributed by atoms with E-state index in [1.807, 2.05) is 43.0 Å². The fraction of sp³-hybridized carbons (Fsp3) is 0.385. The Morgan fingerprint density at radius 2 is 1.78 bits per heavy atom. The van der Waals surface area contributed by atoms with Crippen LogP contribution < -0.4 is 4.74 Å². The van der Waals surface area contributed by atoms with E-state index >= 15 is 0 Å². The molecule has 4 rings (SSSR count). The van der Waals surface area contributed by atoms with Gasteiger partial charge in [0, 0.05) is 32.7 Å². The summed E-state index contributed by atoms with van der Waals surface area (Å²) in [6, 6.07) is 16.2. The second-order valence-corrected chi connectivity index (χ2v) is 8.50. The highest BCUT2D eigenvalue weighted by molar-refractivity contribution is 5.97. The van der Waals surface area contributed by atoms with Gasteiger partial charge in [-0.3, -0.25) is 9.69 Å². The van der Waals surface area contributed by atoms with Crippen LogP contribution in [0.1, 0.15) is 44.9 Å². The van der Waals surface area contributed by atoms with Gasteiger partial charge >= 0.3 is 0 Å². The van der Waals surface area contributed by atoms with Gasteiger partial charge in [-0.05, 0) is 44.9 Å². The Kier molecular flexibility index (Phi) is 6.90. The number of hydrogen-bond donors (Lipinski definition) is 0. The first kappa shape index (κ1) is 22.1. The van der Waals surface area contributed by atoms with E-state index in [1.54, 1.807) is 0 Å². The summed E-state index contributed by atoms with van der Waals surface area (Å²) in [6.45, 7) is 10.4. The minimum absolute atomic E-state index is 0.0246. The van der Waals surface area contributed by atoms with E-state index in [2.05, 4.69) is 41.2 Å². The van der Waals surface area contributed by atoms with Gasteiger partial charge in [-0.25, -0.2) is 0 Å². The summed E-state index contributed by atoms with van der Waals surface area (Å²) in [5, 5.41) is 3.98. The number of ether oxygens (including phenoxy) is 1. The summed E-state index contributed by atoms with van der Waals surface area (Å²) in [4.78, 5) is 17.7. The van der Waals surface area contributed by atoms with Crippen molar-refractivity contribution in [3.8, 4) is 5.75 Å². The van der Waals surface area contributed by atoms with Gasteiger partial charge in [0.2, 0.25) is 0 Å². The molecule has 0 radical (unpaired) electrons. The molecule has 6 nitrogen and oxygen atoms in total. The number of para-hydroxylation sites is 1. The normalized spacial score (nSPS) is 14.9. The van der Waals surface area contributed by atoms with Crippen LogP contribution in [0, 0.1) is 20.8 Å². The van der Waals surface area contributed by atoms with Crippen molar-refractivity contribution in [1.82, 2.24) is 15.0 Å². The van der Waals surface area contributed by atoms with E-state index in [0.717, 1.165) is 49.6 Å². The van der Waals surface area contributed by atoms with Crippen molar-refractivity contribution >= 4 is 5.91 Å². The van der Waals surface area contributed by atoms with Gasteiger partial charge in [0.1, 0.15) is 18.1 Å². The number of aryl methyl sites for hydroxylation is 3. The molecule has 0 atom stereocenters. The molecular weight excluding hydrogens is 402 g/mol. The van der Waals surface area contributed by atoms with Crippen LogP contribution in [0.5, 0.6) is 5.75 Å². The molecule has 0 saturated carbocycles. The van der Waals surface area contributed by atoms with Crippen molar-refractivity contribution in [2.45, 2.75) is 40.3 Å². The van der Waals surface area contributed by atoms with Gasteiger partial charge in [0.15, 0.2) is 0 Å². The van der Waals surface area contributed by atoms with Crippen LogP contribution in [0.3, 0.4) is 0 Å². The molecule has 32 heavy (non-hydrogen) atoms. The second-order valence-electron chi connectivity index (χ2n) is 8.50. The van der Waals surface area contributed by atoms with Crippen molar-refractivity contribution < 1.29 is 14.1 Å². The lowest BCUT2D eigenvalue weighted by Gasteiger charge is -2.23. The molecule has 6 heteroatoms.